The first-order valence-corrected chi connectivity index (χ1v) is 5.26. The molecule has 0 N–H and O–H groups in total. The maximum Gasteiger partial charge on any atom is 0.417 e. The molecule has 0 atom stereocenters. The molecule has 0 spiro atoms. The molecular formula is C10H7Cl2F3O2. The quantitative estimate of drug-likeness (QED) is 0.762. The predicted molar refractivity (Wildman–Crippen MR) is 57.4 cm³/mol. The van der Waals surface area contributed by atoms with Crippen LogP contribution < -0.4 is 0 Å². The van der Waals surface area contributed by atoms with Gasteiger partial charge >= 0.3 is 12.1 Å². The standard InChI is InChI=1S/C10H7Cl2F3O2/c1-2-17-9(16)6-3-5(11)4-7(8(6)12)10(13,14)15/h3-4H,2H2,1H3. The van der Waals surface area contributed by atoms with Gasteiger partial charge in [-0.3, -0.25) is 0 Å². The zero-order chi connectivity index (χ0) is 13.2. The van der Waals surface area contributed by atoms with Gasteiger partial charge in [0, 0.05) is 5.02 Å². The second kappa shape index (κ2) is 5.14. The van der Waals surface area contributed by atoms with Crippen molar-refractivity contribution in [2.45, 2.75) is 13.1 Å². The van der Waals surface area contributed by atoms with E-state index in [0.29, 0.717) is 6.07 Å². The van der Waals surface area contributed by atoms with Crippen LogP contribution in [0.3, 0.4) is 0 Å². The Labute approximate surface area is 105 Å². The number of hydrogen-bond donors (Lipinski definition) is 0. The molecule has 7 heteroatoms. The van der Waals surface area contributed by atoms with Crippen LogP contribution in [0.1, 0.15) is 22.8 Å². The van der Waals surface area contributed by atoms with Crippen molar-refractivity contribution in [1.29, 1.82) is 0 Å². The Bertz CT molecular complexity index is 444. The average Bonchev–Trinajstić information content (AvgIpc) is 2.19. The van der Waals surface area contributed by atoms with Gasteiger partial charge in [-0.15, -0.1) is 0 Å². The summed E-state index contributed by atoms with van der Waals surface area (Å²) in [6.45, 7) is 1.56. The van der Waals surface area contributed by atoms with Gasteiger partial charge in [-0.25, -0.2) is 4.79 Å². The van der Waals surface area contributed by atoms with Crippen molar-refractivity contribution in [2.24, 2.45) is 0 Å². The molecule has 1 rings (SSSR count). The van der Waals surface area contributed by atoms with E-state index in [4.69, 9.17) is 23.2 Å². The van der Waals surface area contributed by atoms with Crippen LogP contribution in [0.5, 0.6) is 0 Å². The molecule has 0 saturated heterocycles. The van der Waals surface area contributed by atoms with Gasteiger partial charge in [0.2, 0.25) is 0 Å². The normalized spacial score (nSPS) is 11.4. The zero-order valence-electron chi connectivity index (χ0n) is 8.57. The van der Waals surface area contributed by atoms with Crippen LogP contribution in [-0.4, -0.2) is 12.6 Å². The third kappa shape index (κ3) is 3.26. The van der Waals surface area contributed by atoms with Crippen LogP contribution in [0, 0.1) is 0 Å². The van der Waals surface area contributed by atoms with Gasteiger partial charge in [-0.1, -0.05) is 23.2 Å². The first kappa shape index (κ1) is 14.1. The monoisotopic (exact) mass is 286 g/mol. The minimum absolute atomic E-state index is 0.0308. The van der Waals surface area contributed by atoms with E-state index in [1.807, 2.05) is 0 Å². The Hall–Kier alpha value is -0.940. The summed E-state index contributed by atoms with van der Waals surface area (Å²) in [6.07, 6.45) is -4.68. The summed E-state index contributed by atoms with van der Waals surface area (Å²) in [6, 6.07) is 1.70. The molecular weight excluding hydrogens is 280 g/mol. The lowest BCUT2D eigenvalue weighted by molar-refractivity contribution is -0.137. The van der Waals surface area contributed by atoms with Gasteiger partial charge in [0.05, 0.1) is 22.8 Å². The molecule has 0 aliphatic carbocycles. The van der Waals surface area contributed by atoms with Crippen LogP contribution in [0.15, 0.2) is 12.1 Å². The fourth-order valence-electron chi connectivity index (χ4n) is 1.15. The van der Waals surface area contributed by atoms with Gasteiger partial charge in [0.1, 0.15) is 0 Å². The highest BCUT2D eigenvalue weighted by molar-refractivity contribution is 6.36. The molecule has 0 aliphatic heterocycles. The molecule has 0 heterocycles. The molecule has 0 fully saturated rings. The van der Waals surface area contributed by atoms with Crippen molar-refractivity contribution in [3.05, 3.63) is 33.3 Å². The lowest BCUT2D eigenvalue weighted by Crippen LogP contribution is -2.11. The molecule has 0 aromatic heterocycles. The number of esters is 1. The molecule has 0 saturated carbocycles. The number of carbonyl (C=O) groups excluding carboxylic acids is 1. The van der Waals surface area contributed by atoms with E-state index in [9.17, 15) is 18.0 Å². The molecule has 1 aromatic carbocycles. The van der Waals surface area contributed by atoms with Crippen LogP contribution in [0.25, 0.3) is 0 Å². The van der Waals surface area contributed by atoms with Gasteiger partial charge < -0.3 is 4.74 Å². The summed E-state index contributed by atoms with van der Waals surface area (Å²) in [5, 5.41) is -0.940. The lowest BCUT2D eigenvalue weighted by Gasteiger charge is -2.12. The molecule has 0 radical (unpaired) electrons. The van der Waals surface area contributed by atoms with E-state index in [1.54, 1.807) is 0 Å². The van der Waals surface area contributed by atoms with Gasteiger partial charge in [-0.05, 0) is 19.1 Å². The van der Waals surface area contributed by atoms with E-state index in [0.717, 1.165) is 6.07 Å². The SMILES string of the molecule is CCOC(=O)c1cc(Cl)cc(C(F)(F)F)c1Cl. The fraction of sp³-hybridized carbons (Fsp3) is 0.300. The number of benzene rings is 1. The predicted octanol–water partition coefficient (Wildman–Crippen LogP) is 4.19. The molecule has 17 heavy (non-hydrogen) atoms. The first-order valence-electron chi connectivity index (χ1n) is 4.50. The van der Waals surface area contributed by atoms with Gasteiger partial charge in [0.15, 0.2) is 0 Å². The second-order valence-corrected chi connectivity index (χ2v) is 3.85. The Morgan fingerprint density at radius 2 is 1.94 bits per heavy atom. The van der Waals surface area contributed by atoms with Crippen LogP contribution in [0.4, 0.5) is 13.2 Å². The number of ether oxygens (including phenoxy) is 1. The largest absolute Gasteiger partial charge is 0.462 e. The highest BCUT2D eigenvalue weighted by Gasteiger charge is 2.35. The number of carbonyl (C=O) groups is 1. The van der Waals surface area contributed by atoms with Crippen LogP contribution in [-0.2, 0) is 10.9 Å². The minimum atomic E-state index is -4.68. The molecule has 2 nitrogen and oxygen atoms in total. The minimum Gasteiger partial charge on any atom is -0.462 e. The van der Waals surface area contributed by atoms with E-state index in [1.165, 1.54) is 6.92 Å². The number of hydrogen-bond acceptors (Lipinski definition) is 2. The second-order valence-electron chi connectivity index (χ2n) is 3.03. The lowest BCUT2D eigenvalue weighted by atomic mass is 10.1. The Kier molecular flexibility index (Phi) is 4.27. The summed E-state index contributed by atoms with van der Waals surface area (Å²) in [5.74, 6) is -0.939. The zero-order valence-corrected chi connectivity index (χ0v) is 10.1. The first-order chi connectivity index (χ1) is 7.77. The van der Waals surface area contributed by atoms with Gasteiger partial charge in [0.25, 0.3) is 0 Å². The number of rotatable bonds is 2. The van der Waals surface area contributed by atoms with Gasteiger partial charge in [-0.2, -0.15) is 13.2 Å². The molecule has 0 unspecified atom stereocenters. The van der Waals surface area contributed by atoms with E-state index < -0.39 is 28.3 Å². The maximum absolute atomic E-state index is 12.6. The average molecular weight is 287 g/mol. The summed E-state index contributed by atoms with van der Waals surface area (Å²) < 4.78 is 42.3. The molecule has 0 amide bonds. The van der Waals surface area contributed by atoms with E-state index in [-0.39, 0.29) is 11.6 Å². The summed E-state index contributed by atoms with van der Waals surface area (Å²) in [4.78, 5) is 11.4. The van der Waals surface area contributed by atoms with Crippen molar-refractivity contribution < 1.29 is 22.7 Å². The van der Waals surface area contributed by atoms with Crippen molar-refractivity contribution in [1.82, 2.24) is 0 Å². The topological polar surface area (TPSA) is 26.3 Å². The Balaban J connectivity index is 3.34. The smallest absolute Gasteiger partial charge is 0.417 e. The summed E-state index contributed by atoms with van der Waals surface area (Å²) in [7, 11) is 0. The number of alkyl halides is 3. The van der Waals surface area contributed by atoms with Crippen molar-refractivity contribution in [2.75, 3.05) is 6.61 Å². The molecule has 0 aliphatic rings. The van der Waals surface area contributed by atoms with Crippen LogP contribution in [0.2, 0.25) is 10.0 Å². The van der Waals surface area contributed by atoms with Crippen LogP contribution >= 0.6 is 23.2 Å². The van der Waals surface area contributed by atoms with Crippen molar-refractivity contribution >= 4 is 29.2 Å². The van der Waals surface area contributed by atoms with Crippen molar-refractivity contribution in [3.8, 4) is 0 Å². The van der Waals surface area contributed by atoms with E-state index >= 15 is 0 Å². The third-order valence-electron chi connectivity index (χ3n) is 1.84. The molecule has 1 aromatic rings. The molecule has 94 valence electrons. The van der Waals surface area contributed by atoms with E-state index in [2.05, 4.69) is 4.74 Å². The Morgan fingerprint density at radius 3 is 2.41 bits per heavy atom. The highest BCUT2D eigenvalue weighted by atomic mass is 35.5. The fourth-order valence-corrected chi connectivity index (χ4v) is 1.66. The summed E-state index contributed by atoms with van der Waals surface area (Å²) >= 11 is 11.0. The summed E-state index contributed by atoms with van der Waals surface area (Å²) in [5.41, 5.74) is -1.55. The highest BCUT2D eigenvalue weighted by Crippen LogP contribution is 2.38. The number of halogens is 5. The van der Waals surface area contributed by atoms with Crippen molar-refractivity contribution in [3.63, 3.8) is 0 Å². The Morgan fingerprint density at radius 1 is 1.35 bits per heavy atom. The third-order valence-corrected chi connectivity index (χ3v) is 2.46. The maximum atomic E-state index is 12.6. The molecule has 0 bridgehead atoms.